The SMILES string of the molecule is O=C(Nc1nn(Cc2c(Cl)cccc2Cl)cc1Cl)c1ccc(COc2c(F)c(F)c(F)c(F)c2F)o1. The zero-order valence-corrected chi connectivity index (χ0v) is 19.8. The second kappa shape index (κ2) is 10.4. The van der Waals surface area contributed by atoms with Crippen LogP contribution >= 0.6 is 34.8 Å². The summed E-state index contributed by atoms with van der Waals surface area (Å²) in [5, 5.41) is 7.50. The van der Waals surface area contributed by atoms with Crippen LogP contribution in [0.4, 0.5) is 27.8 Å². The van der Waals surface area contributed by atoms with Crippen LogP contribution in [0.15, 0.2) is 40.9 Å². The summed E-state index contributed by atoms with van der Waals surface area (Å²) in [5.74, 6) is -13.6. The van der Waals surface area contributed by atoms with Gasteiger partial charge in [0.25, 0.3) is 5.91 Å². The summed E-state index contributed by atoms with van der Waals surface area (Å²) >= 11 is 18.4. The minimum absolute atomic E-state index is 0.0135. The van der Waals surface area contributed by atoms with Crippen LogP contribution in [0.3, 0.4) is 0 Å². The van der Waals surface area contributed by atoms with E-state index in [4.69, 9.17) is 44.0 Å². The highest BCUT2D eigenvalue weighted by atomic mass is 35.5. The van der Waals surface area contributed by atoms with Crippen molar-refractivity contribution in [3.8, 4) is 5.75 Å². The van der Waals surface area contributed by atoms with Gasteiger partial charge in [-0.1, -0.05) is 40.9 Å². The van der Waals surface area contributed by atoms with Gasteiger partial charge in [0, 0.05) is 21.8 Å². The highest BCUT2D eigenvalue weighted by Gasteiger charge is 2.27. The largest absolute Gasteiger partial charge is 0.479 e. The summed E-state index contributed by atoms with van der Waals surface area (Å²) in [4.78, 5) is 12.5. The number of halogens is 8. The molecule has 1 N–H and O–H groups in total. The van der Waals surface area contributed by atoms with Crippen LogP contribution in [-0.4, -0.2) is 15.7 Å². The van der Waals surface area contributed by atoms with Gasteiger partial charge in [0.2, 0.25) is 29.1 Å². The van der Waals surface area contributed by atoms with E-state index in [1.165, 1.54) is 23.0 Å². The van der Waals surface area contributed by atoms with Crippen molar-refractivity contribution in [1.29, 1.82) is 0 Å². The van der Waals surface area contributed by atoms with Crippen molar-refractivity contribution in [2.24, 2.45) is 0 Å². The molecular weight excluding hydrogens is 556 g/mol. The molecule has 0 aliphatic carbocycles. The first-order chi connectivity index (χ1) is 17.1. The number of benzene rings is 2. The van der Waals surface area contributed by atoms with E-state index in [-0.39, 0.29) is 28.9 Å². The number of anilines is 1. The Bertz CT molecular complexity index is 1430. The van der Waals surface area contributed by atoms with Crippen LogP contribution in [0.2, 0.25) is 15.1 Å². The number of aromatic nitrogens is 2. The Hall–Kier alpha value is -3.28. The standard InChI is InChI=1S/C22H11Cl3F5N3O3/c23-11-2-1-3-12(24)10(11)6-33-7-13(25)21(32-33)31-22(34)14-5-4-9(36-14)8-35-20-18(29)16(27)15(26)17(28)19(20)30/h1-5,7H,6,8H2,(H,31,32,34). The third-order valence-corrected chi connectivity index (χ3v) is 5.73. The molecule has 2 aromatic heterocycles. The second-order valence-electron chi connectivity index (χ2n) is 7.13. The Morgan fingerprint density at radius 3 is 2.17 bits per heavy atom. The lowest BCUT2D eigenvalue weighted by molar-refractivity contribution is 0.0991. The van der Waals surface area contributed by atoms with E-state index >= 15 is 0 Å². The zero-order valence-electron chi connectivity index (χ0n) is 17.5. The van der Waals surface area contributed by atoms with Gasteiger partial charge in [-0.15, -0.1) is 0 Å². The highest BCUT2D eigenvalue weighted by Crippen LogP contribution is 2.30. The lowest BCUT2D eigenvalue weighted by atomic mass is 10.2. The molecule has 0 fully saturated rings. The van der Waals surface area contributed by atoms with E-state index in [1.54, 1.807) is 18.2 Å². The number of rotatable bonds is 7. The molecule has 2 heterocycles. The lowest BCUT2D eigenvalue weighted by Crippen LogP contribution is -2.12. The molecule has 1 amide bonds. The highest BCUT2D eigenvalue weighted by molar-refractivity contribution is 6.36. The van der Waals surface area contributed by atoms with Gasteiger partial charge in [-0.3, -0.25) is 9.48 Å². The fourth-order valence-corrected chi connectivity index (χ4v) is 3.72. The number of nitrogens with one attached hydrogen (secondary N) is 1. The zero-order chi connectivity index (χ0) is 26.1. The molecule has 0 saturated carbocycles. The monoisotopic (exact) mass is 565 g/mol. The molecule has 4 aromatic rings. The van der Waals surface area contributed by atoms with Crippen LogP contribution in [0.25, 0.3) is 0 Å². The Labute approximate surface area is 214 Å². The molecule has 0 saturated heterocycles. The topological polar surface area (TPSA) is 69.3 Å². The summed E-state index contributed by atoms with van der Waals surface area (Å²) in [6.07, 6.45) is 1.43. The predicted octanol–water partition coefficient (Wildman–Crippen LogP) is 7.01. The minimum Gasteiger partial charge on any atom is -0.479 e. The van der Waals surface area contributed by atoms with Gasteiger partial charge < -0.3 is 14.5 Å². The maximum absolute atomic E-state index is 13.7. The molecule has 0 spiro atoms. The third-order valence-electron chi connectivity index (χ3n) is 4.74. The summed E-state index contributed by atoms with van der Waals surface area (Å²) in [6, 6.07) is 7.39. The molecule has 0 atom stereocenters. The molecule has 36 heavy (non-hydrogen) atoms. The number of ether oxygens (including phenoxy) is 1. The first-order valence-corrected chi connectivity index (χ1v) is 10.9. The summed E-state index contributed by atoms with van der Waals surface area (Å²) in [5.41, 5.74) is 0.586. The van der Waals surface area contributed by atoms with Gasteiger partial charge in [0.05, 0.1) is 6.54 Å². The molecule has 0 aliphatic rings. The molecule has 0 bridgehead atoms. The smallest absolute Gasteiger partial charge is 0.292 e. The van der Waals surface area contributed by atoms with E-state index in [1.807, 2.05) is 0 Å². The molecule has 0 radical (unpaired) electrons. The van der Waals surface area contributed by atoms with Gasteiger partial charge in [-0.2, -0.15) is 13.9 Å². The van der Waals surface area contributed by atoms with Gasteiger partial charge in [-0.05, 0) is 24.3 Å². The van der Waals surface area contributed by atoms with E-state index < -0.39 is 47.3 Å². The quantitative estimate of drug-likeness (QED) is 0.148. The van der Waals surface area contributed by atoms with Gasteiger partial charge >= 0.3 is 0 Å². The molecular formula is C22H11Cl3F5N3O3. The summed E-state index contributed by atoms with van der Waals surface area (Å²) in [6.45, 7) is -0.576. The lowest BCUT2D eigenvalue weighted by Gasteiger charge is -2.09. The molecule has 6 nitrogen and oxygen atoms in total. The maximum Gasteiger partial charge on any atom is 0.292 e. The summed E-state index contributed by atoms with van der Waals surface area (Å²) < 4.78 is 78.5. The first-order valence-electron chi connectivity index (χ1n) is 9.77. The van der Waals surface area contributed by atoms with Crippen LogP contribution < -0.4 is 10.1 Å². The predicted molar refractivity (Wildman–Crippen MR) is 120 cm³/mol. The Balaban J connectivity index is 1.43. The molecule has 2 aromatic carbocycles. The van der Waals surface area contributed by atoms with Crippen LogP contribution in [0.1, 0.15) is 21.9 Å². The molecule has 188 valence electrons. The van der Waals surface area contributed by atoms with Crippen molar-refractivity contribution in [3.05, 3.63) is 97.8 Å². The molecule has 4 rings (SSSR count). The fraction of sp³-hybridized carbons (Fsp3) is 0.0909. The fourth-order valence-electron chi connectivity index (χ4n) is 3.01. The Morgan fingerprint density at radius 2 is 1.53 bits per heavy atom. The van der Waals surface area contributed by atoms with Crippen LogP contribution in [-0.2, 0) is 13.2 Å². The van der Waals surface area contributed by atoms with E-state index in [9.17, 15) is 26.7 Å². The average molecular weight is 567 g/mol. The van der Waals surface area contributed by atoms with E-state index in [0.29, 0.717) is 15.6 Å². The average Bonchev–Trinajstić information content (AvgIpc) is 3.45. The van der Waals surface area contributed by atoms with Crippen molar-refractivity contribution >= 4 is 46.5 Å². The van der Waals surface area contributed by atoms with Crippen molar-refractivity contribution in [1.82, 2.24) is 9.78 Å². The number of hydrogen-bond acceptors (Lipinski definition) is 4. The number of nitrogens with zero attached hydrogens (tertiary/aromatic N) is 2. The van der Waals surface area contributed by atoms with E-state index in [0.717, 1.165) is 0 Å². The second-order valence-corrected chi connectivity index (χ2v) is 8.35. The first kappa shape index (κ1) is 25.8. The Morgan fingerprint density at radius 1 is 0.917 bits per heavy atom. The number of hydrogen-bond donors (Lipinski definition) is 1. The number of furan rings is 1. The van der Waals surface area contributed by atoms with Gasteiger partial charge in [-0.25, -0.2) is 13.2 Å². The summed E-state index contributed by atoms with van der Waals surface area (Å²) in [7, 11) is 0. The van der Waals surface area contributed by atoms with Crippen LogP contribution in [0.5, 0.6) is 5.75 Å². The number of carbonyl (C=O) groups is 1. The normalized spacial score (nSPS) is 11.1. The van der Waals surface area contributed by atoms with Gasteiger partial charge in [0.15, 0.2) is 17.3 Å². The van der Waals surface area contributed by atoms with E-state index in [2.05, 4.69) is 10.4 Å². The Kier molecular flexibility index (Phi) is 7.43. The van der Waals surface area contributed by atoms with Gasteiger partial charge in [0.1, 0.15) is 17.4 Å². The van der Waals surface area contributed by atoms with Crippen molar-refractivity contribution in [3.63, 3.8) is 0 Å². The number of carbonyl (C=O) groups excluding carboxylic acids is 1. The van der Waals surface area contributed by atoms with Crippen molar-refractivity contribution in [2.45, 2.75) is 13.2 Å². The minimum atomic E-state index is -2.31. The molecule has 14 heteroatoms. The third kappa shape index (κ3) is 5.13. The van der Waals surface area contributed by atoms with Crippen molar-refractivity contribution < 1.29 is 35.9 Å². The maximum atomic E-state index is 13.7. The van der Waals surface area contributed by atoms with Crippen molar-refractivity contribution in [2.75, 3.05) is 5.32 Å². The van der Waals surface area contributed by atoms with Crippen LogP contribution in [0, 0.1) is 29.1 Å². The molecule has 0 unspecified atom stereocenters. The number of amides is 1. The molecule has 0 aliphatic heterocycles.